The maximum atomic E-state index is 12.5. The molecule has 3 aromatic rings. The van der Waals surface area contributed by atoms with E-state index < -0.39 is 0 Å². The van der Waals surface area contributed by atoms with Crippen LogP contribution in [0.1, 0.15) is 29.7 Å². The molecule has 1 fully saturated rings. The monoisotopic (exact) mass is 408 g/mol. The summed E-state index contributed by atoms with van der Waals surface area (Å²) in [5, 5.41) is 1.41. The van der Waals surface area contributed by atoms with Crippen molar-refractivity contribution in [3.8, 4) is 5.75 Å². The van der Waals surface area contributed by atoms with Gasteiger partial charge in [0.2, 0.25) is 0 Å². The second kappa shape index (κ2) is 9.13. The number of pyridine rings is 1. The van der Waals surface area contributed by atoms with Gasteiger partial charge in [-0.3, -0.25) is 4.98 Å². The van der Waals surface area contributed by atoms with Crippen molar-refractivity contribution in [1.29, 1.82) is 0 Å². The predicted molar refractivity (Wildman–Crippen MR) is 113 cm³/mol. The molecule has 1 aliphatic heterocycles. The molecule has 1 aliphatic rings. The third-order valence-electron chi connectivity index (χ3n) is 4.94. The lowest BCUT2D eigenvalue weighted by molar-refractivity contribution is 0.143. The second-order valence-electron chi connectivity index (χ2n) is 7.21. The first-order valence-corrected chi connectivity index (χ1v) is 10.7. The first kappa shape index (κ1) is 19.5. The quantitative estimate of drug-likeness (QED) is 0.675. The van der Waals surface area contributed by atoms with Gasteiger partial charge in [0.15, 0.2) is 5.16 Å². The van der Waals surface area contributed by atoms with Gasteiger partial charge in [-0.25, -0.2) is 9.78 Å². The van der Waals surface area contributed by atoms with Crippen molar-refractivity contribution in [2.24, 2.45) is 0 Å². The summed E-state index contributed by atoms with van der Waals surface area (Å²) >= 11 is 1.74. The molecule has 1 aromatic carbocycles. The van der Waals surface area contributed by atoms with E-state index in [0.29, 0.717) is 24.1 Å². The maximum absolute atomic E-state index is 12.5. The summed E-state index contributed by atoms with van der Waals surface area (Å²) < 4.78 is 5.56. The fourth-order valence-corrected chi connectivity index (χ4v) is 4.30. The normalized spacial score (nSPS) is 14.7. The fourth-order valence-electron chi connectivity index (χ4n) is 3.28. The van der Waals surface area contributed by atoms with Crippen molar-refractivity contribution < 1.29 is 9.53 Å². The van der Waals surface area contributed by atoms with Gasteiger partial charge >= 0.3 is 6.09 Å². The van der Waals surface area contributed by atoms with E-state index in [0.717, 1.165) is 41.2 Å². The van der Waals surface area contributed by atoms with Crippen LogP contribution in [0.2, 0.25) is 0 Å². The molecule has 29 heavy (non-hydrogen) atoms. The molecule has 0 saturated carbocycles. The Hall–Kier alpha value is -2.80. The first-order valence-electron chi connectivity index (χ1n) is 9.79. The van der Waals surface area contributed by atoms with E-state index in [1.807, 2.05) is 49.6 Å². The van der Waals surface area contributed by atoms with E-state index in [4.69, 9.17) is 4.74 Å². The minimum atomic E-state index is -0.278. The lowest BCUT2D eigenvalue weighted by Gasteiger charge is -2.30. The van der Waals surface area contributed by atoms with E-state index in [1.165, 1.54) is 0 Å². The molecule has 0 aliphatic carbocycles. The molecular formula is C22H24N4O2S. The summed E-state index contributed by atoms with van der Waals surface area (Å²) in [6.45, 7) is 3.43. The van der Waals surface area contributed by atoms with Gasteiger partial charge in [0, 0.05) is 49.0 Å². The molecule has 0 spiro atoms. The van der Waals surface area contributed by atoms with Crippen LogP contribution in [-0.2, 0) is 6.42 Å². The number of aromatic nitrogens is 3. The minimum absolute atomic E-state index is 0.278. The van der Waals surface area contributed by atoms with Crippen LogP contribution in [0.15, 0.2) is 60.1 Å². The van der Waals surface area contributed by atoms with E-state index in [2.05, 4.69) is 21.0 Å². The molecule has 0 bridgehead atoms. The van der Waals surface area contributed by atoms with Crippen LogP contribution in [0.3, 0.4) is 0 Å². The van der Waals surface area contributed by atoms with Gasteiger partial charge in [-0.2, -0.15) is 0 Å². The summed E-state index contributed by atoms with van der Waals surface area (Å²) in [4.78, 5) is 26.1. The zero-order valence-electron chi connectivity index (χ0n) is 16.4. The van der Waals surface area contributed by atoms with Crippen LogP contribution in [0.25, 0.3) is 0 Å². The zero-order chi connectivity index (χ0) is 20.1. The molecule has 4 rings (SSSR count). The Bertz CT molecular complexity index is 918. The number of amides is 1. The average molecular weight is 409 g/mol. The van der Waals surface area contributed by atoms with Crippen molar-refractivity contribution in [3.05, 3.63) is 71.8 Å². The Morgan fingerprint density at radius 3 is 2.62 bits per heavy atom. The van der Waals surface area contributed by atoms with Gasteiger partial charge in [-0.15, -0.1) is 0 Å². The smallest absolute Gasteiger partial charge is 0.410 e. The highest BCUT2D eigenvalue weighted by Crippen LogP contribution is 2.28. The molecular weight excluding hydrogens is 384 g/mol. The Labute approximate surface area is 174 Å². The van der Waals surface area contributed by atoms with E-state index in [9.17, 15) is 4.79 Å². The number of thioether (sulfide) groups is 1. The molecule has 1 saturated heterocycles. The highest BCUT2D eigenvalue weighted by molar-refractivity contribution is 7.99. The van der Waals surface area contributed by atoms with Crippen molar-refractivity contribution in [2.45, 2.75) is 36.6 Å². The number of piperidine rings is 1. The number of imidazole rings is 1. The number of H-pyrrole nitrogens is 1. The van der Waals surface area contributed by atoms with Crippen molar-refractivity contribution >= 4 is 17.9 Å². The maximum Gasteiger partial charge on any atom is 0.415 e. The summed E-state index contributed by atoms with van der Waals surface area (Å²) in [5.74, 6) is 0.572. The lowest BCUT2D eigenvalue weighted by Crippen LogP contribution is -2.40. The number of benzene rings is 1. The van der Waals surface area contributed by atoms with Crippen LogP contribution in [-0.4, -0.2) is 44.3 Å². The summed E-state index contributed by atoms with van der Waals surface area (Å²) in [5.41, 5.74) is 3.31. The number of hydrogen-bond donors (Lipinski definition) is 1. The lowest BCUT2D eigenvalue weighted by atomic mass is 10.1. The van der Waals surface area contributed by atoms with Gasteiger partial charge < -0.3 is 14.6 Å². The highest BCUT2D eigenvalue weighted by atomic mass is 32.2. The minimum Gasteiger partial charge on any atom is -0.410 e. The molecule has 1 amide bonds. The Morgan fingerprint density at radius 2 is 1.97 bits per heavy atom. The SMILES string of the molecule is Cc1ccc(Cc2ccc(OC(=O)N3CCC(Sc4ncc[nH]4)CC3)cc2)nc1. The number of nitrogens with one attached hydrogen (secondary N) is 1. The number of likely N-dealkylation sites (tertiary alicyclic amines) is 1. The molecule has 0 atom stereocenters. The highest BCUT2D eigenvalue weighted by Gasteiger charge is 2.25. The average Bonchev–Trinajstić information content (AvgIpc) is 3.25. The summed E-state index contributed by atoms with van der Waals surface area (Å²) in [7, 11) is 0. The van der Waals surface area contributed by atoms with Gasteiger partial charge in [-0.1, -0.05) is 30.0 Å². The number of hydrogen-bond acceptors (Lipinski definition) is 5. The summed E-state index contributed by atoms with van der Waals surface area (Å²) in [6, 6.07) is 11.8. The molecule has 0 radical (unpaired) electrons. The van der Waals surface area contributed by atoms with Crippen molar-refractivity contribution in [3.63, 3.8) is 0 Å². The van der Waals surface area contributed by atoms with Crippen LogP contribution in [0, 0.1) is 6.92 Å². The predicted octanol–water partition coefficient (Wildman–Crippen LogP) is 4.46. The third-order valence-corrected chi connectivity index (χ3v) is 6.19. The van der Waals surface area contributed by atoms with Gasteiger partial charge in [-0.05, 0) is 49.1 Å². The molecule has 150 valence electrons. The van der Waals surface area contributed by atoms with Crippen LogP contribution >= 0.6 is 11.8 Å². The van der Waals surface area contributed by atoms with Gasteiger partial charge in [0.1, 0.15) is 5.75 Å². The number of aryl methyl sites for hydroxylation is 1. The molecule has 0 unspecified atom stereocenters. The van der Waals surface area contributed by atoms with Gasteiger partial charge in [0.25, 0.3) is 0 Å². The third kappa shape index (κ3) is 5.38. The number of nitrogens with zero attached hydrogens (tertiary/aromatic N) is 3. The van der Waals surface area contributed by atoms with E-state index in [1.54, 1.807) is 22.9 Å². The molecule has 1 N–H and O–H groups in total. The number of rotatable bonds is 5. The molecule has 2 aromatic heterocycles. The molecule has 3 heterocycles. The Morgan fingerprint density at radius 1 is 1.17 bits per heavy atom. The number of carbonyl (C=O) groups is 1. The Balaban J connectivity index is 1.26. The van der Waals surface area contributed by atoms with Crippen molar-refractivity contribution in [1.82, 2.24) is 19.9 Å². The zero-order valence-corrected chi connectivity index (χ0v) is 17.2. The fraction of sp³-hybridized carbons (Fsp3) is 0.318. The van der Waals surface area contributed by atoms with E-state index in [-0.39, 0.29) is 6.09 Å². The number of aromatic amines is 1. The van der Waals surface area contributed by atoms with Crippen LogP contribution < -0.4 is 4.74 Å². The largest absolute Gasteiger partial charge is 0.415 e. The van der Waals surface area contributed by atoms with E-state index >= 15 is 0 Å². The number of carbonyl (C=O) groups excluding carboxylic acids is 1. The van der Waals surface area contributed by atoms with Gasteiger partial charge in [0.05, 0.1) is 0 Å². The first-order chi connectivity index (χ1) is 14.2. The van der Waals surface area contributed by atoms with Crippen LogP contribution in [0.4, 0.5) is 4.79 Å². The standard InChI is InChI=1S/C22H24N4O2S/c1-16-2-5-18(25-15-16)14-17-3-6-19(7-4-17)28-22(27)26-12-8-20(9-13-26)29-21-23-10-11-24-21/h2-7,10-11,15,20H,8-9,12-14H2,1H3,(H,23,24). The Kier molecular flexibility index (Phi) is 6.14. The number of ether oxygens (including phenoxy) is 1. The molecule has 7 heteroatoms. The topological polar surface area (TPSA) is 71.1 Å². The van der Waals surface area contributed by atoms with Crippen LogP contribution in [0.5, 0.6) is 5.75 Å². The van der Waals surface area contributed by atoms with Crippen molar-refractivity contribution in [2.75, 3.05) is 13.1 Å². The summed E-state index contributed by atoms with van der Waals surface area (Å²) in [6.07, 6.45) is 7.82. The second-order valence-corrected chi connectivity index (χ2v) is 8.50. The molecule has 6 nitrogen and oxygen atoms in total.